The Morgan fingerprint density at radius 3 is 2.62 bits per heavy atom. The molecule has 3 aromatic heterocycles. The van der Waals surface area contributed by atoms with Gasteiger partial charge < -0.3 is 9.73 Å². The van der Waals surface area contributed by atoms with Crippen molar-refractivity contribution in [2.45, 2.75) is 12.1 Å². The average Bonchev–Trinajstić information content (AvgIpc) is 3.67. The highest BCUT2D eigenvalue weighted by Gasteiger charge is 2.19. The van der Waals surface area contributed by atoms with Crippen molar-refractivity contribution in [1.29, 1.82) is 0 Å². The molecule has 0 atom stereocenters. The topological polar surface area (TPSA) is 85.8 Å². The van der Waals surface area contributed by atoms with Gasteiger partial charge >= 0.3 is 0 Å². The molecule has 1 N–H and O–H groups in total. The molecule has 0 aliphatic rings. The first-order valence-electron chi connectivity index (χ1n) is 11.6. The Morgan fingerprint density at radius 2 is 1.84 bits per heavy atom. The van der Waals surface area contributed by atoms with Gasteiger partial charge in [-0.15, -0.1) is 21.5 Å². The lowest BCUT2D eigenvalue weighted by Crippen LogP contribution is -2.14. The van der Waals surface area contributed by atoms with Crippen LogP contribution in [-0.2, 0) is 4.79 Å². The van der Waals surface area contributed by atoms with Crippen LogP contribution in [0.2, 0.25) is 0 Å². The van der Waals surface area contributed by atoms with Gasteiger partial charge in [0.2, 0.25) is 11.7 Å². The molecule has 0 aliphatic carbocycles. The molecule has 0 saturated heterocycles. The first-order valence-corrected chi connectivity index (χ1v) is 13.4. The largest absolute Gasteiger partial charge is 0.461 e. The van der Waals surface area contributed by atoms with Crippen LogP contribution in [0.15, 0.2) is 101 Å². The smallest absolute Gasteiger partial charge is 0.234 e. The Hall–Kier alpha value is -4.21. The van der Waals surface area contributed by atoms with Crippen molar-refractivity contribution < 1.29 is 9.21 Å². The minimum Gasteiger partial charge on any atom is -0.461 e. The molecular weight excluding hydrogens is 502 g/mol. The second-order valence-electron chi connectivity index (χ2n) is 8.36. The molecular formula is C28H21N5O2S2. The maximum atomic E-state index is 12.8. The number of hydrogen-bond acceptors (Lipinski definition) is 7. The van der Waals surface area contributed by atoms with E-state index in [0.29, 0.717) is 16.7 Å². The number of anilines is 1. The van der Waals surface area contributed by atoms with Crippen LogP contribution in [0.4, 0.5) is 5.69 Å². The number of thioether (sulfide) groups is 1. The van der Waals surface area contributed by atoms with Gasteiger partial charge in [0.25, 0.3) is 0 Å². The molecule has 0 spiro atoms. The molecule has 9 heteroatoms. The molecule has 37 heavy (non-hydrogen) atoms. The normalized spacial score (nSPS) is 11.2. The standard InChI is InChI=1S/C28H21N5O2S2/c1-18-9-14-22-24(16-18)37-27(30-22)19-10-12-20(13-11-19)29-25(34)17-36-28-32-31-26(23-8-5-15-35-23)33(28)21-6-3-2-4-7-21/h2-16H,17H2,1H3,(H,29,34). The summed E-state index contributed by atoms with van der Waals surface area (Å²) in [5.41, 5.74) is 4.86. The highest BCUT2D eigenvalue weighted by molar-refractivity contribution is 7.99. The minimum absolute atomic E-state index is 0.129. The van der Waals surface area contributed by atoms with Crippen LogP contribution in [-0.4, -0.2) is 31.4 Å². The molecule has 3 heterocycles. The minimum atomic E-state index is -0.129. The highest BCUT2D eigenvalue weighted by atomic mass is 32.2. The molecule has 0 aliphatic heterocycles. The van der Waals surface area contributed by atoms with E-state index in [2.05, 4.69) is 34.6 Å². The molecule has 6 rings (SSSR count). The van der Waals surface area contributed by atoms with Crippen molar-refractivity contribution in [2.75, 3.05) is 11.1 Å². The molecule has 182 valence electrons. The van der Waals surface area contributed by atoms with Crippen LogP contribution in [0.5, 0.6) is 0 Å². The Labute approximate surface area is 221 Å². The molecule has 6 aromatic rings. The monoisotopic (exact) mass is 523 g/mol. The van der Waals surface area contributed by atoms with E-state index < -0.39 is 0 Å². The molecule has 0 radical (unpaired) electrons. The summed E-state index contributed by atoms with van der Waals surface area (Å²) in [4.78, 5) is 17.5. The fourth-order valence-electron chi connectivity index (χ4n) is 3.92. The second-order valence-corrected chi connectivity index (χ2v) is 10.3. The van der Waals surface area contributed by atoms with Crippen molar-refractivity contribution in [3.8, 4) is 27.8 Å². The highest BCUT2D eigenvalue weighted by Crippen LogP contribution is 2.32. The van der Waals surface area contributed by atoms with Crippen LogP contribution >= 0.6 is 23.1 Å². The van der Waals surface area contributed by atoms with Crippen molar-refractivity contribution in [3.63, 3.8) is 0 Å². The van der Waals surface area contributed by atoms with Crippen LogP contribution < -0.4 is 5.32 Å². The van der Waals surface area contributed by atoms with Gasteiger partial charge in [-0.1, -0.05) is 36.0 Å². The predicted octanol–water partition coefficient (Wildman–Crippen LogP) is 6.84. The number of carbonyl (C=O) groups excluding carboxylic acids is 1. The summed E-state index contributed by atoms with van der Waals surface area (Å²) in [6.07, 6.45) is 1.60. The zero-order chi connectivity index (χ0) is 25.2. The summed E-state index contributed by atoms with van der Waals surface area (Å²) in [6, 6.07) is 27.5. The number of nitrogens with zero attached hydrogens (tertiary/aromatic N) is 4. The number of aromatic nitrogens is 4. The Kier molecular flexibility index (Phi) is 6.30. The number of nitrogens with one attached hydrogen (secondary N) is 1. The number of furan rings is 1. The number of amides is 1. The summed E-state index contributed by atoms with van der Waals surface area (Å²) in [5.74, 6) is 1.24. The third-order valence-electron chi connectivity index (χ3n) is 5.68. The van der Waals surface area contributed by atoms with E-state index in [1.165, 1.54) is 22.0 Å². The molecule has 0 unspecified atom stereocenters. The summed E-state index contributed by atoms with van der Waals surface area (Å²) in [7, 11) is 0. The lowest BCUT2D eigenvalue weighted by molar-refractivity contribution is -0.113. The number of hydrogen-bond donors (Lipinski definition) is 1. The molecule has 7 nitrogen and oxygen atoms in total. The first kappa shape index (κ1) is 23.2. The average molecular weight is 524 g/mol. The van der Waals surface area contributed by atoms with E-state index in [1.54, 1.807) is 17.6 Å². The third kappa shape index (κ3) is 4.91. The summed E-state index contributed by atoms with van der Waals surface area (Å²) in [6.45, 7) is 2.08. The molecule has 1 amide bonds. The predicted molar refractivity (Wildman–Crippen MR) is 148 cm³/mol. The fraction of sp³-hybridized carbons (Fsp3) is 0.0714. The summed E-state index contributed by atoms with van der Waals surface area (Å²) >= 11 is 2.98. The van der Waals surface area contributed by atoms with Gasteiger partial charge in [-0.05, 0) is 73.2 Å². The van der Waals surface area contributed by atoms with E-state index in [0.717, 1.165) is 27.5 Å². The quantitative estimate of drug-likeness (QED) is 0.231. The lowest BCUT2D eigenvalue weighted by atomic mass is 10.2. The van der Waals surface area contributed by atoms with Crippen LogP contribution in [0.3, 0.4) is 0 Å². The van der Waals surface area contributed by atoms with Crippen LogP contribution in [0, 0.1) is 6.92 Å². The Morgan fingerprint density at radius 1 is 1.00 bits per heavy atom. The van der Waals surface area contributed by atoms with Crippen molar-refractivity contribution in [2.24, 2.45) is 0 Å². The number of benzene rings is 3. The zero-order valence-corrected chi connectivity index (χ0v) is 21.4. The van der Waals surface area contributed by atoms with Gasteiger partial charge in [-0.25, -0.2) is 4.98 Å². The number of rotatable bonds is 7. The van der Waals surface area contributed by atoms with Gasteiger partial charge in [0.05, 0.1) is 22.2 Å². The van der Waals surface area contributed by atoms with Gasteiger partial charge in [0, 0.05) is 16.9 Å². The zero-order valence-electron chi connectivity index (χ0n) is 19.8. The lowest BCUT2D eigenvalue weighted by Gasteiger charge is -2.09. The van der Waals surface area contributed by atoms with Crippen LogP contribution in [0.1, 0.15) is 5.56 Å². The number of fused-ring (bicyclic) bond motifs is 1. The van der Waals surface area contributed by atoms with Gasteiger partial charge in [-0.2, -0.15) is 0 Å². The van der Waals surface area contributed by atoms with E-state index in [4.69, 9.17) is 9.40 Å². The number of para-hydroxylation sites is 1. The molecule has 0 saturated carbocycles. The fourth-order valence-corrected chi connectivity index (χ4v) is 5.74. The van der Waals surface area contributed by atoms with Crippen molar-refractivity contribution >= 4 is 44.9 Å². The Bertz CT molecular complexity index is 1670. The summed E-state index contributed by atoms with van der Waals surface area (Å²) in [5, 5.41) is 13.2. The maximum Gasteiger partial charge on any atom is 0.234 e. The molecule has 0 fully saturated rings. The van der Waals surface area contributed by atoms with Gasteiger partial charge in [-0.3, -0.25) is 9.36 Å². The second kappa shape index (κ2) is 10.0. The number of aryl methyl sites for hydroxylation is 1. The maximum absolute atomic E-state index is 12.8. The Balaban J connectivity index is 1.15. The molecule has 0 bridgehead atoms. The van der Waals surface area contributed by atoms with E-state index in [9.17, 15) is 4.79 Å². The van der Waals surface area contributed by atoms with E-state index in [1.807, 2.05) is 77.4 Å². The van der Waals surface area contributed by atoms with E-state index >= 15 is 0 Å². The van der Waals surface area contributed by atoms with Crippen molar-refractivity contribution in [3.05, 3.63) is 96.8 Å². The van der Waals surface area contributed by atoms with Gasteiger partial charge in [0.1, 0.15) is 5.01 Å². The number of carbonyl (C=O) groups is 1. The SMILES string of the molecule is Cc1ccc2nc(-c3ccc(NC(=O)CSc4nnc(-c5ccco5)n4-c4ccccc4)cc3)sc2c1. The summed E-state index contributed by atoms with van der Waals surface area (Å²) < 4.78 is 8.61. The number of thiazole rings is 1. The van der Waals surface area contributed by atoms with Crippen molar-refractivity contribution in [1.82, 2.24) is 19.7 Å². The van der Waals surface area contributed by atoms with Gasteiger partial charge in [0.15, 0.2) is 10.9 Å². The first-order chi connectivity index (χ1) is 18.1. The third-order valence-corrected chi connectivity index (χ3v) is 7.68. The van der Waals surface area contributed by atoms with E-state index in [-0.39, 0.29) is 11.7 Å². The molecule has 3 aromatic carbocycles. The van der Waals surface area contributed by atoms with Crippen LogP contribution in [0.25, 0.3) is 38.1 Å².